The first-order valence-corrected chi connectivity index (χ1v) is 14.5. The summed E-state index contributed by atoms with van der Waals surface area (Å²) in [5.74, 6) is 5.68. The first-order valence-electron chi connectivity index (χ1n) is 14.5. The SMILES string of the molecule is CC[C@H]1CC2C3CCC(CCCOC(=O)NCC(C)(C)C)C3(C)CC[C@@H]2C2(C)CCCCC12. The van der Waals surface area contributed by atoms with E-state index in [4.69, 9.17) is 4.74 Å². The molecule has 0 saturated heterocycles. The molecule has 0 aromatic heterocycles. The maximum absolute atomic E-state index is 12.0. The molecule has 3 heteroatoms. The molecule has 4 aliphatic carbocycles. The molecule has 4 saturated carbocycles. The highest BCUT2D eigenvalue weighted by atomic mass is 16.5. The van der Waals surface area contributed by atoms with Gasteiger partial charge in [-0.3, -0.25) is 0 Å². The molecule has 0 radical (unpaired) electrons. The van der Waals surface area contributed by atoms with Crippen molar-refractivity contribution in [2.45, 2.75) is 119 Å². The monoisotopic (exact) mass is 459 g/mol. The number of carbonyl (C=O) groups excluding carboxylic acids is 1. The largest absolute Gasteiger partial charge is 0.450 e. The van der Waals surface area contributed by atoms with Crippen LogP contribution in [0.4, 0.5) is 4.79 Å². The van der Waals surface area contributed by atoms with Gasteiger partial charge in [-0.25, -0.2) is 4.79 Å². The number of ether oxygens (including phenoxy) is 1. The summed E-state index contributed by atoms with van der Waals surface area (Å²) >= 11 is 0. The molecule has 8 atom stereocenters. The number of amides is 1. The zero-order valence-electron chi connectivity index (χ0n) is 22.7. The van der Waals surface area contributed by atoms with Gasteiger partial charge in [-0.05, 0) is 110 Å². The molecule has 33 heavy (non-hydrogen) atoms. The molecule has 1 N–H and O–H groups in total. The van der Waals surface area contributed by atoms with Crippen molar-refractivity contribution < 1.29 is 9.53 Å². The second-order valence-corrected chi connectivity index (χ2v) is 14.2. The molecule has 6 unspecified atom stereocenters. The predicted octanol–water partition coefficient (Wildman–Crippen LogP) is 8.22. The lowest BCUT2D eigenvalue weighted by Gasteiger charge is -2.62. The molecule has 0 bridgehead atoms. The Kier molecular flexibility index (Phi) is 7.48. The van der Waals surface area contributed by atoms with E-state index in [1.54, 1.807) is 0 Å². The highest BCUT2D eigenvalue weighted by Gasteiger charge is 2.60. The lowest BCUT2D eigenvalue weighted by molar-refractivity contribution is -0.135. The van der Waals surface area contributed by atoms with Gasteiger partial charge in [0.25, 0.3) is 0 Å². The summed E-state index contributed by atoms with van der Waals surface area (Å²) in [7, 11) is 0. The van der Waals surface area contributed by atoms with Crippen LogP contribution in [0.2, 0.25) is 0 Å². The van der Waals surface area contributed by atoms with Gasteiger partial charge in [0.1, 0.15) is 0 Å². The number of hydrogen-bond donors (Lipinski definition) is 1. The van der Waals surface area contributed by atoms with Gasteiger partial charge in [-0.15, -0.1) is 0 Å². The van der Waals surface area contributed by atoms with Crippen LogP contribution in [-0.4, -0.2) is 19.2 Å². The quantitative estimate of drug-likeness (QED) is 0.406. The molecule has 1 amide bonds. The molecule has 0 heterocycles. The fourth-order valence-electron chi connectivity index (χ4n) is 9.49. The smallest absolute Gasteiger partial charge is 0.407 e. The van der Waals surface area contributed by atoms with Crippen LogP contribution in [0, 0.1) is 51.8 Å². The minimum atomic E-state index is -0.246. The van der Waals surface area contributed by atoms with Crippen LogP contribution in [0.1, 0.15) is 119 Å². The van der Waals surface area contributed by atoms with E-state index >= 15 is 0 Å². The van der Waals surface area contributed by atoms with Gasteiger partial charge < -0.3 is 10.1 Å². The fraction of sp³-hybridized carbons (Fsp3) is 0.967. The van der Waals surface area contributed by atoms with E-state index in [1.165, 1.54) is 70.6 Å². The molecular weight excluding hydrogens is 406 g/mol. The second-order valence-electron chi connectivity index (χ2n) is 14.2. The van der Waals surface area contributed by atoms with Gasteiger partial charge >= 0.3 is 6.09 Å². The Labute approximate surface area is 204 Å². The molecule has 0 spiro atoms. The van der Waals surface area contributed by atoms with Gasteiger partial charge in [0, 0.05) is 6.54 Å². The molecule has 4 aliphatic rings. The van der Waals surface area contributed by atoms with Crippen LogP contribution >= 0.6 is 0 Å². The maximum Gasteiger partial charge on any atom is 0.407 e. The highest BCUT2D eigenvalue weighted by molar-refractivity contribution is 5.67. The van der Waals surface area contributed by atoms with E-state index in [0.29, 0.717) is 24.0 Å². The van der Waals surface area contributed by atoms with Crippen molar-refractivity contribution in [3.8, 4) is 0 Å². The average Bonchev–Trinajstić information content (AvgIpc) is 3.10. The van der Waals surface area contributed by atoms with Crippen molar-refractivity contribution in [1.82, 2.24) is 5.32 Å². The Morgan fingerprint density at radius 1 is 0.970 bits per heavy atom. The van der Waals surface area contributed by atoms with E-state index in [9.17, 15) is 4.79 Å². The predicted molar refractivity (Wildman–Crippen MR) is 137 cm³/mol. The number of hydrogen-bond acceptors (Lipinski definition) is 2. The Morgan fingerprint density at radius 2 is 1.73 bits per heavy atom. The van der Waals surface area contributed by atoms with E-state index in [1.807, 2.05) is 0 Å². The van der Waals surface area contributed by atoms with Crippen molar-refractivity contribution in [2.75, 3.05) is 13.2 Å². The van der Waals surface area contributed by atoms with Crippen LogP contribution in [0.15, 0.2) is 0 Å². The van der Waals surface area contributed by atoms with E-state index in [2.05, 4.69) is 46.9 Å². The number of rotatable bonds is 6. The molecule has 3 nitrogen and oxygen atoms in total. The van der Waals surface area contributed by atoms with Gasteiger partial charge in [0.05, 0.1) is 6.61 Å². The van der Waals surface area contributed by atoms with Gasteiger partial charge in [-0.1, -0.05) is 60.8 Å². The first-order chi connectivity index (χ1) is 15.6. The summed E-state index contributed by atoms with van der Waals surface area (Å²) < 4.78 is 5.50. The van der Waals surface area contributed by atoms with Crippen LogP contribution in [0.5, 0.6) is 0 Å². The Hall–Kier alpha value is -0.730. The summed E-state index contributed by atoms with van der Waals surface area (Å²) in [5.41, 5.74) is 1.23. The lowest BCUT2D eigenvalue weighted by Crippen LogP contribution is -2.55. The molecule has 4 fully saturated rings. The summed E-state index contributed by atoms with van der Waals surface area (Å²) in [5, 5.41) is 2.91. The van der Waals surface area contributed by atoms with Crippen molar-refractivity contribution in [1.29, 1.82) is 0 Å². The fourth-order valence-corrected chi connectivity index (χ4v) is 9.49. The van der Waals surface area contributed by atoms with Gasteiger partial charge in [0.15, 0.2) is 0 Å². The van der Waals surface area contributed by atoms with Crippen molar-refractivity contribution in [3.05, 3.63) is 0 Å². The average molecular weight is 460 g/mol. The number of carbonyl (C=O) groups is 1. The zero-order chi connectivity index (χ0) is 23.9. The molecule has 0 aromatic carbocycles. The lowest BCUT2D eigenvalue weighted by atomic mass is 9.42. The standard InChI is InChI=1S/C30H53NO2/c1-7-21-19-23-25-14-13-22(11-10-18-33-27(32)31-20-28(2,3)4)29(25,5)17-15-26(23)30(6)16-9-8-12-24(21)30/h21-26H,7-20H2,1-6H3,(H,31,32)/t21-,22?,23?,24?,25?,26-,29?,30?/m0/s1. The Balaban J connectivity index is 1.33. The minimum absolute atomic E-state index is 0.0932. The normalized spacial score (nSPS) is 42.7. The van der Waals surface area contributed by atoms with E-state index in [0.717, 1.165) is 41.9 Å². The molecular formula is C30H53NO2. The minimum Gasteiger partial charge on any atom is -0.450 e. The van der Waals surface area contributed by atoms with Crippen LogP contribution in [-0.2, 0) is 4.74 Å². The maximum atomic E-state index is 12.0. The van der Waals surface area contributed by atoms with Crippen molar-refractivity contribution >= 4 is 6.09 Å². The zero-order valence-corrected chi connectivity index (χ0v) is 22.7. The number of alkyl carbamates (subject to hydrolysis) is 1. The Bertz CT molecular complexity index is 683. The van der Waals surface area contributed by atoms with Crippen molar-refractivity contribution in [2.24, 2.45) is 51.8 Å². The van der Waals surface area contributed by atoms with E-state index < -0.39 is 0 Å². The number of fused-ring (bicyclic) bond motifs is 5. The summed E-state index contributed by atoms with van der Waals surface area (Å²) in [4.78, 5) is 12.0. The summed E-state index contributed by atoms with van der Waals surface area (Å²) in [6.07, 6.45) is 16.6. The molecule has 0 aliphatic heterocycles. The third-order valence-electron chi connectivity index (χ3n) is 11.2. The van der Waals surface area contributed by atoms with Crippen LogP contribution in [0.25, 0.3) is 0 Å². The number of nitrogens with one attached hydrogen (secondary N) is 1. The topological polar surface area (TPSA) is 38.3 Å². The first kappa shape index (κ1) is 25.4. The molecule has 4 rings (SSSR count). The third kappa shape index (κ3) is 4.99. The van der Waals surface area contributed by atoms with Gasteiger partial charge in [0.2, 0.25) is 0 Å². The van der Waals surface area contributed by atoms with E-state index in [-0.39, 0.29) is 11.5 Å². The molecule has 0 aromatic rings. The third-order valence-corrected chi connectivity index (χ3v) is 11.2. The second kappa shape index (κ2) is 9.73. The highest BCUT2D eigenvalue weighted by Crippen LogP contribution is 2.69. The van der Waals surface area contributed by atoms with Crippen LogP contribution < -0.4 is 5.32 Å². The summed E-state index contributed by atoms with van der Waals surface area (Å²) in [6.45, 7) is 15.4. The Morgan fingerprint density at radius 3 is 2.45 bits per heavy atom. The van der Waals surface area contributed by atoms with Crippen molar-refractivity contribution in [3.63, 3.8) is 0 Å². The summed E-state index contributed by atoms with van der Waals surface area (Å²) in [6, 6.07) is 0. The molecule has 190 valence electrons. The van der Waals surface area contributed by atoms with Gasteiger partial charge in [-0.2, -0.15) is 0 Å². The van der Waals surface area contributed by atoms with Crippen LogP contribution in [0.3, 0.4) is 0 Å².